The van der Waals surface area contributed by atoms with E-state index in [9.17, 15) is 4.79 Å². The lowest BCUT2D eigenvalue weighted by atomic mass is 10.1. The summed E-state index contributed by atoms with van der Waals surface area (Å²) < 4.78 is 5.61. The molecule has 0 heterocycles. The predicted molar refractivity (Wildman–Crippen MR) is 75.0 cm³/mol. The molecule has 98 valence electrons. The number of benzene rings is 1. The van der Waals surface area contributed by atoms with Gasteiger partial charge in [0.15, 0.2) is 0 Å². The van der Waals surface area contributed by atoms with Crippen molar-refractivity contribution in [3.63, 3.8) is 0 Å². The highest BCUT2D eigenvalue weighted by Gasteiger charge is 1.98. The summed E-state index contributed by atoms with van der Waals surface area (Å²) in [6, 6.07) is 8.00. The van der Waals surface area contributed by atoms with Gasteiger partial charge in [-0.2, -0.15) is 0 Å². The Bertz CT molecular complexity index is 377. The van der Waals surface area contributed by atoms with Crippen LogP contribution in [0, 0.1) is 0 Å². The zero-order chi connectivity index (χ0) is 13.2. The van der Waals surface area contributed by atoms with Crippen molar-refractivity contribution in [2.75, 3.05) is 6.61 Å². The average molecular weight is 246 g/mol. The second kappa shape index (κ2) is 8.51. The fourth-order valence-electron chi connectivity index (χ4n) is 1.60. The van der Waals surface area contributed by atoms with Crippen LogP contribution in [-0.4, -0.2) is 12.4 Å². The number of hydrogen-bond acceptors (Lipinski definition) is 2. The molecule has 0 aliphatic heterocycles. The first-order valence-corrected chi connectivity index (χ1v) is 6.58. The van der Waals surface area contributed by atoms with Crippen LogP contribution in [0.1, 0.15) is 38.7 Å². The Morgan fingerprint density at radius 3 is 2.56 bits per heavy atom. The van der Waals surface area contributed by atoms with Gasteiger partial charge in [-0.25, -0.2) is 0 Å². The summed E-state index contributed by atoms with van der Waals surface area (Å²) >= 11 is 0. The molecule has 0 aromatic heterocycles. The molecule has 0 N–H and O–H groups in total. The third kappa shape index (κ3) is 6.24. The lowest BCUT2D eigenvalue weighted by Crippen LogP contribution is -1.97. The van der Waals surface area contributed by atoms with Gasteiger partial charge in [-0.15, -0.1) is 0 Å². The first-order chi connectivity index (χ1) is 8.72. The Balaban J connectivity index is 2.31. The van der Waals surface area contributed by atoms with Crippen LogP contribution >= 0.6 is 0 Å². The standard InChI is InChI=1S/C16H22O2/c1-3-4-5-6-13-18-16-11-9-15(10-12-16)8-7-14(2)17/h4-5,9-12H,3,6-8,13H2,1-2H3/b5-4-. The highest BCUT2D eigenvalue weighted by atomic mass is 16.5. The number of ketones is 1. The fraction of sp³-hybridized carbons (Fsp3) is 0.438. The molecule has 1 rings (SSSR count). The van der Waals surface area contributed by atoms with Crippen LogP contribution in [0.25, 0.3) is 0 Å². The van der Waals surface area contributed by atoms with Crippen molar-refractivity contribution in [1.29, 1.82) is 0 Å². The molecule has 0 aliphatic rings. The molecular weight excluding hydrogens is 224 g/mol. The maximum atomic E-state index is 10.9. The lowest BCUT2D eigenvalue weighted by molar-refractivity contribution is -0.116. The molecule has 0 fully saturated rings. The largest absolute Gasteiger partial charge is 0.493 e. The minimum absolute atomic E-state index is 0.234. The first-order valence-electron chi connectivity index (χ1n) is 6.58. The summed E-state index contributed by atoms with van der Waals surface area (Å²) in [7, 11) is 0. The Labute approximate surface area is 110 Å². The third-order valence-corrected chi connectivity index (χ3v) is 2.64. The molecule has 0 saturated heterocycles. The summed E-state index contributed by atoms with van der Waals surface area (Å²) in [5, 5.41) is 0. The van der Waals surface area contributed by atoms with Crippen LogP contribution in [0.4, 0.5) is 0 Å². The normalized spacial score (nSPS) is 10.8. The Morgan fingerprint density at radius 2 is 1.94 bits per heavy atom. The molecule has 0 spiro atoms. The van der Waals surface area contributed by atoms with E-state index in [0.717, 1.165) is 25.0 Å². The molecule has 0 aliphatic carbocycles. The summed E-state index contributed by atoms with van der Waals surface area (Å²) in [5.74, 6) is 1.13. The number of Topliss-reactive ketones (excluding diaryl/α,β-unsaturated/α-hetero) is 1. The molecule has 0 saturated carbocycles. The van der Waals surface area contributed by atoms with Gasteiger partial charge in [-0.1, -0.05) is 31.2 Å². The maximum absolute atomic E-state index is 10.9. The highest BCUT2D eigenvalue weighted by molar-refractivity contribution is 5.75. The summed E-state index contributed by atoms with van der Waals surface area (Å²) in [4.78, 5) is 10.9. The summed E-state index contributed by atoms with van der Waals surface area (Å²) in [5.41, 5.74) is 1.18. The van der Waals surface area contributed by atoms with Crippen LogP contribution in [0.5, 0.6) is 5.75 Å². The van der Waals surface area contributed by atoms with Crippen molar-refractivity contribution in [3.8, 4) is 5.75 Å². The molecule has 0 bridgehead atoms. The Morgan fingerprint density at radius 1 is 1.22 bits per heavy atom. The van der Waals surface area contributed by atoms with E-state index in [1.54, 1.807) is 6.92 Å². The molecule has 1 aromatic rings. The van der Waals surface area contributed by atoms with E-state index < -0.39 is 0 Å². The smallest absolute Gasteiger partial charge is 0.130 e. The molecule has 2 heteroatoms. The van der Waals surface area contributed by atoms with Gasteiger partial charge in [-0.3, -0.25) is 0 Å². The zero-order valence-corrected chi connectivity index (χ0v) is 11.3. The van der Waals surface area contributed by atoms with Gasteiger partial charge >= 0.3 is 0 Å². The minimum atomic E-state index is 0.234. The number of carbonyl (C=O) groups is 1. The Hall–Kier alpha value is -1.57. The van der Waals surface area contributed by atoms with Crippen LogP contribution in [-0.2, 0) is 11.2 Å². The van der Waals surface area contributed by atoms with E-state index in [0.29, 0.717) is 13.0 Å². The van der Waals surface area contributed by atoms with Crippen LogP contribution in [0.2, 0.25) is 0 Å². The average Bonchev–Trinajstić information content (AvgIpc) is 2.37. The van der Waals surface area contributed by atoms with Gasteiger partial charge in [0.2, 0.25) is 0 Å². The summed E-state index contributed by atoms with van der Waals surface area (Å²) in [6.07, 6.45) is 7.73. The SMILES string of the molecule is CC/C=C\CCOc1ccc(CCC(C)=O)cc1. The van der Waals surface area contributed by atoms with Crippen molar-refractivity contribution < 1.29 is 9.53 Å². The molecule has 2 nitrogen and oxygen atoms in total. The van der Waals surface area contributed by atoms with Crippen molar-refractivity contribution in [2.45, 2.75) is 39.5 Å². The van der Waals surface area contributed by atoms with Crippen LogP contribution < -0.4 is 4.74 Å². The van der Waals surface area contributed by atoms with Gasteiger partial charge in [0.25, 0.3) is 0 Å². The van der Waals surface area contributed by atoms with Crippen molar-refractivity contribution in [3.05, 3.63) is 42.0 Å². The molecule has 0 unspecified atom stereocenters. The highest BCUT2D eigenvalue weighted by Crippen LogP contribution is 2.13. The van der Waals surface area contributed by atoms with E-state index in [1.165, 1.54) is 5.56 Å². The fourth-order valence-corrected chi connectivity index (χ4v) is 1.60. The monoisotopic (exact) mass is 246 g/mol. The van der Waals surface area contributed by atoms with Gasteiger partial charge in [0, 0.05) is 6.42 Å². The van der Waals surface area contributed by atoms with Gasteiger partial charge < -0.3 is 9.53 Å². The maximum Gasteiger partial charge on any atom is 0.130 e. The van der Waals surface area contributed by atoms with Crippen LogP contribution in [0.15, 0.2) is 36.4 Å². The molecule has 0 atom stereocenters. The topological polar surface area (TPSA) is 26.3 Å². The lowest BCUT2D eigenvalue weighted by Gasteiger charge is -2.05. The second-order valence-electron chi connectivity index (χ2n) is 4.36. The zero-order valence-electron chi connectivity index (χ0n) is 11.3. The third-order valence-electron chi connectivity index (χ3n) is 2.64. The van der Waals surface area contributed by atoms with E-state index in [-0.39, 0.29) is 5.78 Å². The Kier molecular flexibility index (Phi) is 6.85. The molecular formula is C16H22O2. The second-order valence-corrected chi connectivity index (χ2v) is 4.36. The number of ether oxygens (including phenoxy) is 1. The first kappa shape index (κ1) is 14.5. The van der Waals surface area contributed by atoms with E-state index in [1.807, 2.05) is 24.3 Å². The number of carbonyl (C=O) groups excluding carboxylic acids is 1. The molecule has 18 heavy (non-hydrogen) atoms. The van der Waals surface area contributed by atoms with Crippen molar-refractivity contribution in [1.82, 2.24) is 0 Å². The number of allylic oxidation sites excluding steroid dienone is 1. The minimum Gasteiger partial charge on any atom is -0.493 e. The van der Waals surface area contributed by atoms with E-state index in [2.05, 4.69) is 19.1 Å². The van der Waals surface area contributed by atoms with E-state index >= 15 is 0 Å². The molecule has 0 radical (unpaired) electrons. The summed E-state index contributed by atoms with van der Waals surface area (Å²) in [6.45, 7) is 4.46. The van der Waals surface area contributed by atoms with Crippen LogP contribution in [0.3, 0.4) is 0 Å². The van der Waals surface area contributed by atoms with Crippen molar-refractivity contribution in [2.24, 2.45) is 0 Å². The van der Waals surface area contributed by atoms with Crippen molar-refractivity contribution >= 4 is 5.78 Å². The van der Waals surface area contributed by atoms with Gasteiger partial charge in [0.05, 0.1) is 6.61 Å². The van der Waals surface area contributed by atoms with Gasteiger partial charge in [-0.05, 0) is 43.9 Å². The quantitative estimate of drug-likeness (QED) is 0.513. The number of aryl methyl sites for hydroxylation is 1. The number of rotatable bonds is 8. The van der Waals surface area contributed by atoms with E-state index in [4.69, 9.17) is 4.74 Å². The number of hydrogen-bond donors (Lipinski definition) is 0. The van der Waals surface area contributed by atoms with Gasteiger partial charge in [0.1, 0.15) is 11.5 Å². The molecule has 1 aromatic carbocycles. The predicted octanol–water partition coefficient (Wildman–Crippen LogP) is 3.94. The molecule has 0 amide bonds.